The predicted octanol–water partition coefficient (Wildman–Crippen LogP) is 4.79. The summed E-state index contributed by atoms with van der Waals surface area (Å²) in [5.41, 5.74) is 1.00. The van der Waals surface area contributed by atoms with Gasteiger partial charge in [0.05, 0.1) is 11.1 Å². The normalized spacial score (nSPS) is 22.1. The number of amides is 1. The van der Waals surface area contributed by atoms with E-state index in [0.29, 0.717) is 28.3 Å². The van der Waals surface area contributed by atoms with Gasteiger partial charge in [0.2, 0.25) is 0 Å². The van der Waals surface area contributed by atoms with E-state index in [1.54, 1.807) is 23.1 Å². The lowest BCUT2D eigenvalue weighted by molar-refractivity contribution is -0.137. The van der Waals surface area contributed by atoms with Gasteiger partial charge in [0, 0.05) is 22.7 Å². The number of anilines is 1. The summed E-state index contributed by atoms with van der Waals surface area (Å²) in [6.07, 6.45) is -4.06. The fraction of sp³-hybridized carbons (Fsp3) is 0.235. The van der Waals surface area contributed by atoms with Crippen molar-refractivity contribution in [1.82, 2.24) is 0 Å². The Kier molecular flexibility index (Phi) is 2.72. The van der Waals surface area contributed by atoms with Crippen LogP contribution >= 0.6 is 11.6 Å². The zero-order chi connectivity index (χ0) is 16.6. The van der Waals surface area contributed by atoms with Gasteiger partial charge in [0.15, 0.2) is 0 Å². The van der Waals surface area contributed by atoms with Crippen LogP contribution < -0.4 is 4.90 Å². The highest BCUT2D eigenvalue weighted by molar-refractivity contribution is 6.31. The van der Waals surface area contributed by atoms with E-state index in [0.717, 1.165) is 17.7 Å². The first-order valence-corrected chi connectivity index (χ1v) is 7.44. The van der Waals surface area contributed by atoms with Gasteiger partial charge < -0.3 is 0 Å². The zero-order valence-corrected chi connectivity index (χ0v) is 12.8. The maximum Gasteiger partial charge on any atom is 0.416 e. The van der Waals surface area contributed by atoms with Gasteiger partial charge in [-0.3, -0.25) is 9.69 Å². The molecule has 2 aromatic rings. The molecule has 6 heteroatoms. The lowest BCUT2D eigenvalue weighted by Crippen LogP contribution is -2.38. The van der Waals surface area contributed by atoms with Gasteiger partial charge in [-0.15, -0.1) is 0 Å². The van der Waals surface area contributed by atoms with Crippen LogP contribution in [0.25, 0.3) is 0 Å². The molecule has 0 radical (unpaired) electrons. The standard InChI is InChI=1S/C17H11ClF3NO/c1-16-8-9-6-10(17(19,20)21)2-5-14(9)22(16)15(23)12-4-3-11(18)7-13(12)16/h2-7H,8H2,1H3/t16-/m1/s1. The monoisotopic (exact) mass is 337 g/mol. The van der Waals surface area contributed by atoms with E-state index in [4.69, 9.17) is 11.6 Å². The molecule has 2 aliphatic heterocycles. The summed E-state index contributed by atoms with van der Waals surface area (Å²) in [6, 6.07) is 8.59. The van der Waals surface area contributed by atoms with Gasteiger partial charge in [-0.2, -0.15) is 13.2 Å². The van der Waals surface area contributed by atoms with Gasteiger partial charge >= 0.3 is 6.18 Å². The van der Waals surface area contributed by atoms with Gasteiger partial charge in [-0.05, 0) is 54.4 Å². The molecule has 0 N–H and O–H groups in total. The first kappa shape index (κ1) is 14.6. The third-order valence-corrected chi connectivity index (χ3v) is 4.91. The first-order chi connectivity index (χ1) is 10.7. The molecule has 0 bridgehead atoms. The Morgan fingerprint density at radius 3 is 2.61 bits per heavy atom. The summed E-state index contributed by atoms with van der Waals surface area (Å²) < 4.78 is 38.7. The molecule has 1 amide bonds. The van der Waals surface area contributed by atoms with Gasteiger partial charge in [0.25, 0.3) is 5.91 Å². The molecule has 0 saturated carbocycles. The molecule has 4 rings (SSSR count). The molecular weight excluding hydrogens is 327 g/mol. The van der Waals surface area contributed by atoms with Crippen molar-refractivity contribution in [3.8, 4) is 0 Å². The van der Waals surface area contributed by atoms with Crippen LogP contribution in [0.4, 0.5) is 18.9 Å². The summed E-state index contributed by atoms with van der Waals surface area (Å²) in [6.45, 7) is 1.86. The van der Waals surface area contributed by atoms with E-state index in [1.807, 2.05) is 6.92 Å². The van der Waals surface area contributed by atoms with E-state index < -0.39 is 17.3 Å². The van der Waals surface area contributed by atoms with Crippen LogP contribution in [0.15, 0.2) is 36.4 Å². The number of rotatable bonds is 0. The maximum absolute atomic E-state index is 12.9. The minimum atomic E-state index is -4.39. The smallest absolute Gasteiger partial charge is 0.298 e. The molecule has 0 aliphatic carbocycles. The summed E-state index contributed by atoms with van der Waals surface area (Å²) in [7, 11) is 0. The highest BCUT2D eigenvalue weighted by Gasteiger charge is 2.52. The van der Waals surface area contributed by atoms with E-state index in [1.165, 1.54) is 6.07 Å². The number of hydrogen-bond acceptors (Lipinski definition) is 1. The third-order valence-electron chi connectivity index (χ3n) is 4.67. The molecule has 0 aromatic heterocycles. The lowest BCUT2D eigenvalue weighted by atomic mass is 9.88. The minimum absolute atomic E-state index is 0.197. The van der Waals surface area contributed by atoms with Crippen molar-refractivity contribution in [2.45, 2.75) is 25.1 Å². The fourth-order valence-corrected chi connectivity index (χ4v) is 3.83. The quantitative estimate of drug-likeness (QED) is 0.677. The Morgan fingerprint density at radius 2 is 1.91 bits per heavy atom. The molecule has 2 aliphatic rings. The number of alkyl halides is 3. The van der Waals surface area contributed by atoms with Crippen molar-refractivity contribution < 1.29 is 18.0 Å². The van der Waals surface area contributed by atoms with Gasteiger partial charge in [0.1, 0.15) is 0 Å². The van der Waals surface area contributed by atoms with Crippen molar-refractivity contribution in [3.63, 3.8) is 0 Å². The number of carbonyl (C=O) groups is 1. The fourth-order valence-electron chi connectivity index (χ4n) is 3.66. The predicted molar refractivity (Wildman–Crippen MR) is 80.8 cm³/mol. The number of hydrogen-bond donors (Lipinski definition) is 0. The lowest BCUT2D eigenvalue weighted by Gasteiger charge is -2.28. The van der Waals surface area contributed by atoms with Crippen molar-refractivity contribution in [2.24, 2.45) is 0 Å². The molecule has 118 valence electrons. The summed E-state index contributed by atoms with van der Waals surface area (Å²) in [5.74, 6) is -0.197. The third kappa shape index (κ3) is 1.86. The van der Waals surface area contributed by atoms with Crippen LogP contribution in [0, 0.1) is 0 Å². The summed E-state index contributed by atoms with van der Waals surface area (Å²) in [5, 5.41) is 0.506. The topological polar surface area (TPSA) is 20.3 Å². The van der Waals surface area contributed by atoms with Crippen LogP contribution in [0.1, 0.15) is 34.0 Å². The molecule has 0 saturated heterocycles. The molecule has 23 heavy (non-hydrogen) atoms. The highest BCUT2D eigenvalue weighted by atomic mass is 35.5. The number of benzene rings is 2. The number of fused-ring (bicyclic) bond motifs is 5. The largest absolute Gasteiger partial charge is 0.416 e. The number of carbonyl (C=O) groups excluding carboxylic acids is 1. The Bertz CT molecular complexity index is 861. The van der Waals surface area contributed by atoms with Crippen LogP contribution in [-0.4, -0.2) is 5.91 Å². The van der Waals surface area contributed by atoms with Crippen LogP contribution in [0.3, 0.4) is 0 Å². The maximum atomic E-state index is 12.9. The van der Waals surface area contributed by atoms with Crippen molar-refractivity contribution in [3.05, 3.63) is 63.7 Å². The van der Waals surface area contributed by atoms with E-state index in [-0.39, 0.29) is 5.91 Å². The second-order valence-corrected chi connectivity index (χ2v) is 6.56. The number of halogens is 4. The second kappa shape index (κ2) is 4.29. The molecule has 2 heterocycles. The van der Waals surface area contributed by atoms with Crippen LogP contribution in [0.2, 0.25) is 5.02 Å². The number of nitrogens with zero attached hydrogens (tertiary/aromatic N) is 1. The molecule has 2 aromatic carbocycles. The van der Waals surface area contributed by atoms with E-state index >= 15 is 0 Å². The Hall–Kier alpha value is -2.01. The molecule has 1 atom stereocenters. The van der Waals surface area contributed by atoms with Crippen molar-refractivity contribution >= 4 is 23.2 Å². The zero-order valence-electron chi connectivity index (χ0n) is 12.0. The molecule has 2 nitrogen and oxygen atoms in total. The Morgan fingerprint density at radius 1 is 1.17 bits per heavy atom. The average Bonchev–Trinajstić information content (AvgIpc) is 2.87. The molecule has 0 spiro atoms. The Labute approximate surface area is 135 Å². The molecular formula is C17H11ClF3NO. The Balaban J connectivity index is 1.88. The molecule has 0 unspecified atom stereocenters. The van der Waals surface area contributed by atoms with Crippen molar-refractivity contribution in [1.29, 1.82) is 0 Å². The summed E-state index contributed by atoms with van der Waals surface area (Å²) in [4.78, 5) is 14.3. The van der Waals surface area contributed by atoms with Gasteiger partial charge in [-0.25, -0.2) is 0 Å². The SMILES string of the molecule is C[C@]12Cc3cc(C(F)(F)F)ccc3N1C(=O)c1ccc(Cl)cc12. The van der Waals surface area contributed by atoms with Crippen LogP contribution in [0.5, 0.6) is 0 Å². The highest BCUT2D eigenvalue weighted by Crippen LogP contribution is 2.52. The summed E-state index contributed by atoms with van der Waals surface area (Å²) >= 11 is 6.04. The van der Waals surface area contributed by atoms with Crippen LogP contribution in [-0.2, 0) is 18.1 Å². The van der Waals surface area contributed by atoms with Crippen molar-refractivity contribution in [2.75, 3.05) is 4.90 Å². The molecule has 0 fully saturated rings. The average molecular weight is 338 g/mol. The minimum Gasteiger partial charge on any atom is -0.298 e. The van der Waals surface area contributed by atoms with Gasteiger partial charge in [-0.1, -0.05) is 11.6 Å². The van der Waals surface area contributed by atoms with E-state index in [9.17, 15) is 18.0 Å². The van der Waals surface area contributed by atoms with E-state index in [2.05, 4.69) is 0 Å². The first-order valence-electron chi connectivity index (χ1n) is 7.06. The second-order valence-electron chi connectivity index (χ2n) is 6.12.